The van der Waals surface area contributed by atoms with E-state index in [1.165, 1.54) is 6.20 Å². The van der Waals surface area contributed by atoms with Gasteiger partial charge in [-0.15, -0.1) is 0 Å². The zero-order valence-electron chi connectivity index (χ0n) is 38.5. The molecule has 2 N–H and O–H groups in total. The van der Waals surface area contributed by atoms with Crippen LogP contribution in [0.1, 0.15) is 91.8 Å². The number of rotatable bonds is 10. The molecule has 1 saturated carbocycles. The lowest BCUT2D eigenvalue weighted by atomic mass is 9.87. The molecule has 1 amide bonds. The molecule has 0 radical (unpaired) electrons. The van der Waals surface area contributed by atoms with Gasteiger partial charge in [-0.1, -0.05) is 60.2 Å². The quantitative estimate of drug-likeness (QED) is 0.143. The molecule has 2 aliphatic carbocycles. The Balaban J connectivity index is 1.09. The predicted octanol–water partition coefficient (Wildman–Crippen LogP) is 7.50. The number of hydrogen-bond acceptors (Lipinski definition) is 11. The summed E-state index contributed by atoms with van der Waals surface area (Å²) >= 11 is 0. The Morgan fingerprint density at radius 1 is 0.969 bits per heavy atom. The van der Waals surface area contributed by atoms with Gasteiger partial charge in [0.1, 0.15) is 15.9 Å². The Labute approximate surface area is 381 Å². The number of nitrogens with zero attached hydrogens (tertiary/aromatic N) is 6. The van der Waals surface area contributed by atoms with Gasteiger partial charge in [0.2, 0.25) is 16.0 Å². The number of piperidine rings is 1. The molecule has 2 unspecified atom stereocenters. The van der Waals surface area contributed by atoms with E-state index in [2.05, 4.69) is 28.6 Å². The lowest BCUT2D eigenvalue weighted by Gasteiger charge is -2.49. The molecule has 14 nitrogen and oxygen atoms in total. The number of anilines is 1. The van der Waals surface area contributed by atoms with Crippen molar-refractivity contribution < 1.29 is 27.8 Å². The molecule has 3 aromatic heterocycles. The van der Waals surface area contributed by atoms with Crippen molar-refractivity contribution in [3.63, 3.8) is 0 Å². The first-order chi connectivity index (χ1) is 30.9. The van der Waals surface area contributed by atoms with Crippen LogP contribution in [0.4, 0.5) is 10.7 Å². The molecule has 0 spiro atoms. The van der Waals surface area contributed by atoms with E-state index in [4.69, 9.17) is 19.4 Å². The average molecular weight is 904 g/mol. The maximum atomic E-state index is 14.4. The van der Waals surface area contributed by atoms with Crippen molar-refractivity contribution in [2.24, 2.45) is 0 Å². The van der Waals surface area contributed by atoms with E-state index >= 15 is 0 Å². The number of ether oxygens (including phenoxy) is 2. The van der Waals surface area contributed by atoms with E-state index in [0.29, 0.717) is 70.3 Å². The van der Waals surface area contributed by atoms with Crippen molar-refractivity contribution in [1.82, 2.24) is 28.7 Å². The van der Waals surface area contributed by atoms with E-state index in [-0.39, 0.29) is 42.8 Å². The SMILES string of the molecule is CC1=CC=CCC1(C)S(=O)(=O)n1ccc2c(-c3ccc4nc(N5CCC(N6C[C@@H](C)N(C(=O)OC(C)(C)C)C[C@@H]6C)CC5)nc(C(CO)(OC5CC5)c5ccccc5)c4c3)c[nH]c(=O)c21. The summed E-state index contributed by atoms with van der Waals surface area (Å²) < 4.78 is 41.4. The van der Waals surface area contributed by atoms with E-state index in [0.717, 1.165) is 41.8 Å². The van der Waals surface area contributed by atoms with Gasteiger partial charge in [0.05, 0.1) is 23.9 Å². The van der Waals surface area contributed by atoms with Crippen LogP contribution in [0, 0.1) is 0 Å². The third kappa shape index (κ3) is 8.08. The molecule has 4 aliphatic rings. The van der Waals surface area contributed by atoms with Crippen LogP contribution in [-0.4, -0.2) is 116 Å². The highest BCUT2D eigenvalue weighted by Crippen LogP contribution is 2.44. The van der Waals surface area contributed by atoms with Crippen LogP contribution >= 0.6 is 0 Å². The fraction of sp³-hybridized carbons (Fsp3) is 0.480. The molecule has 2 saturated heterocycles. The van der Waals surface area contributed by atoms with Gasteiger partial charge in [-0.25, -0.2) is 27.2 Å². The Morgan fingerprint density at radius 3 is 2.38 bits per heavy atom. The van der Waals surface area contributed by atoms with Gasteiger partial charge in [0.15, 0.2) is 5.60 Å². The molecule has 9 rings (SSSR count). The molecule has 2 aliphatic heterocycles. The van der Waals surface area contributed by atoms with Gasteiger partial charge in [-0.05, 0) is 110 Å². The smallest absolute Gasteiger partial charge is 0.410 e. The van der Waals surface area contributed by atoms with E-state index in [1.54, 1.807) is 32.2 Å². The summed E-state index contributed by atoms with van der Waals surface area (Å²) in [7, 11) is -4.07. The Kier molecular flexibility index (Phi) is 11.6. The fourth-order valence-corrected chi connectivity index (χ4v) is 11.8. The number of hydrogen-bond donors (Lipinski definition) is 2. The maximum absolute atomic E-state index is 14.4. The largest absolute Gasteiger partial charge is 0.444 e. The van der Waals surface area contributed by atoms with Crippen molar-refractivity contribution in [1.29, 1.82) is 0 Å². The summed E-state index contributed by atoms with van der Waals surface area (Å²) in [6.45, 7) is 15.9. The van der Waals surface area contributed by atoms with Crippen LogP contribution in [0.2, 0.25) is 0 Å². The van der Waals surface area contributed by atoms with Crippen molar-refractivity contribution >= 4 is 43.9 Å². The summed E-state index contributed by atoms with van der Waals surface area (Å²) in [5.74, 6) is 0.548. The minimum absolute atomic E-state index is 0.0101. The van der Waals surface area contributed by atoms with Gasteiger partial charge in [-0.3, -0.25) is 9.69 Å². The molecule has 344 valence electrons. The van der Waals surface area contributed by atoms with Gasteiger partial charge in [-0.2, -0.15) is 0 Å². The number of carbonyl (C=O) groups excluding carboxylic acids is 1. The number of aliphatic hydroxyl groups excluding tert-OH is 1. The number of carbonyl (C=O) groups is 1. The predicted molar refractivity (Wildman–Crippen MR) is 254 cm³/mol. The standard InChI is InChI=1S/C50H61N7O7S/c1-32-13-11-12-23-49(32,7)65(61,62)57-26-22-39-41(28-51-45(59)43(39)57)35-16-19-42-40(27-35)44(50(31-58,63-38-17-18-38)36-14-9-8-10-15-36)53-46(52-42)54-24-20-37(21-25-54)55-29-34(3)56(30-33(55)2)47(60)64-48(4,5)6/h8-16,19,22,26-28,33-34,37-38,58H,17-18,20-21,23-25,29-31H2,1-7H3,(H,51,59)/t33-,34+,49?,50?/m0/s1. The summed E-state index contributed by atoms with van der Waals surface area (Å²) in [6, 6.07) is 17.7. The fourth-order valence-electron chi connectivity index (χ4n) is 9.95. The van der Waals surface area contributed by atoms with Gasteiger partial charge in [0.25, 0.3) is 5.56 Å². The molecule has 2 aromatic carbocycles. The van der Waals surface area contributed by atoms with Crippen LogP contribution in [0.3, 0.4) is 0 Å². The van der Waals surface area contributed by atoms with E-state index in [9.17, 15) is 23.1 Å². The number of allylic oxidation sites excluding steroid dienone is 3. The number of amides is 1. The van der Waals surface area contributed by atoms with Crippen molar-refractivity contribution in [3.8, 4) is 11.1 Å². The molecule has 15 heteroatoms. The lowest BCUT2D eigenvalue weighted by molar-refractivity contribution is -0.0672. The van der Waals surface area contributed by atoms with Crippen LogP contribution in [0.15, 0.2) is 95.6 Å². The topological polar surface area (TPSA) is 163 Å². The van der Waals surface area contributed by atoms with Gasteiger partial charge >= 0.3 is 6.09 Å². The Hall–Kier alpha value is -5.35. The lowest BCUT2D eigenvalue weighted by Crippen LogP contribution is -2.62. The summed E-state index contributed by atoms with van der Waals surface area (Å²) in [5, 5.41) is 12.7. The first-order valence-electron chi connectivity index (χ1n) is 22.9. The highest BCUT2D eigenvalue weighted by atomic mass is 32.2. The molecular weight excluding hydrogens is 843 g/mol. The first-order valence-corrected chi connectivity index (χ1v) is 24.4. The third-order valence-corrected chi connectivity index (χ3v) is 16.4. The molecule has 5 aromatic rings. The summed E-state index contributed by atoms with van der Waals surface area (Å²) in [6.07, 6.45) is 12.0. The van der Waals surface area contributed by atoms with Crippen LogP contribution in [0.5, 0.6) is 0 Å². The van der Waals surface area contributed by atoms with Crippen LogP contribution in [0.25, 0.3) is 32.9 Å². The number of pyridine rings is 1. The minimum Gasteiger partial charge on any atom is -0.444 e. The number of fused-ring (bicyclic) bond motifs is 2. The number of nitrogens with one attached hydrogen (secondary N) is 1. The average Bonchev–Trinajstić information content (AvgIpc) is 3.99. The van der Waals surface area contributed by atoms with Crippen molar-refractivity contribution in [3.05, 3.63) is 112 Å². The highest BCUT2D eigenvalue weighted by Gasteiger charge is 2.45. The second-order valence-electron chi connectivity index (χ2n) is 19.6. The zero-order chi connectivity index (χ0) is 46.1. The van der Waals surface area contributed by atoms with E-state index < -0.39 is 31.5 Å². The molecular formula is C50H61N7O7S. The Bertz CT molecular complexity index is 2860. The number of aliphatic hydroxyl groups is 1. The molecule has 0 bridgehead atoms. The summed E-state index contributed by atoms with van der Waals surface area (Å²) in [5.41, 5.74) is 1.62. The van der Waals surface area contributed by atoms with Gasteiger partial charge in [0, 0.05) is 73.0 Å². The second kappa shape index (κ2) is 16.8. The van der Waals surface area contributed by atoms with E-state index in [1.807, 2.05) is 86.4 Å². The summed E-state index contributed by atoms with van der Waals surface area (Å²) in [4.78, 5) is 46.7. The Morgan fingerprint density at radius 2 is 1.71 bits per heavy atom. The number of piperazine rings is 1. The number of benzene rings is 2. The molecule has 5 heterocycles. The van der Waals surface area contributed by atoms with Crippen molar-refractivity contribution in [2.45, 2.75) is 121 Å². The molecule has 65 heavy (non-hydrogen) atoms. The van der Waals surface area contributed by atoms with Crippen molar-refractivity contribution in [2.75, 3.05) is 37.7 Å². The highest BCUT2D eigenvalue weighted by molar-refractivity contribution is 7.91. The van der Waals surface area contributed by atoms with Gasteiger partial charge < -0.3 is 29.4 Å². The third-order valence-electron chi connectivity index (χ3n) is 14.0. The molecule has 4 atom stereocenters. The normalized spacial score (nSPS) is 23.5. The number of H-pyrrole nitrogens is 1. The first kappa shape index (κ1) is 44.8. The monoisotopic (exact) mass is 903 g/mol. The maximum Gasteiger partial charge on any atom is 0.410 e. The van der Waals surface area contributed by atoms with Crippen LogP contribution in [-0.2, 0) is 25.1 Å². The van der Waals surface area contributed by atoms with Crippen LogP contribution < -0.4 is 10.5 Å². The number of aromatic amines is 1. The number of aromatic nitrogens is 4. The second-order valence-corrected chi connectivity index (χ2v) is 21.9. The minimum atomic E-state index is -4.07. The molecule has 3 fully saturated rings. The zero-order valence-corrected chi connectivity index (χ0v) is 39.3.